The van der Waals surface area contributed by atoms with Crippen molar-refractivity contribution in [3.63, 3.8) is 0 Å². The molecule has 6 heteroatoms. The minimum absolute atomic E-state index is 0.0252. The fraction of sp³-hybridized carbons (Fsp3) is 0.455. The third kappa shape index (κ3) is 4.87. The molecule has 4 nitrogen and oxygen atoms in total. The van der Waals surface area contributed by atoms with E-state index in [9.17, 15) is 9.50 Å². The van der Waals surface area contributed by atoms with Crippen LogP contribution in [0.5, 0.6) is 5.75 Å². The molecule has 0 aromatic heterocycles. The molecule has 4 rings (SSSR count). The molecule has 0 saturated carbocycles. The van der Waals surface area contributed by atoms with E-state index in [-0.39, 0.29) is 24.6 Å². The number of thiol groups is 1. The summed E-state index contributed by atoms with van der Waals surface area (Å²) in [7, 11) is 0. The number of ether oxygens (including phenoxy) is 2. The van der Waals surface area contributed by atoms with Gasteiger partial charge in [-0.1, -0.05) is 24.3 Å². The van der Waals surface area contributed by atoms with Crippen LogP contribution in [0.2, 0.25) is 0 Å². The Balaban J connectivity index is 1.25. The van der Waals surface area contributed by atoms with Gasteiger partial charge in [0.1, 0.15) is 22.6 Å². The molecule has 1 unspecified atom stereocenters. The molecule has 2 aromatic rings. The third-order valence-corrected chi connectivity index (χ3v) is 5.69. The first-order valence-corrected chi connectivity index (χ1v) is 10.2. The zero-order valence-corrected chi connectivity index (χ0v) is 16.7. The van der Waals surface area contributed by atoms with Crippen LogP contribution in [0.15, 0.2) is 48.5 Å². The molecular weight excluding hydrogens is 377 g/mol. The fourth-order valence-corrected chi connectivity index (χ4v) is 4.35. The van der Waals surface area contributed by atoms with Crippen molar-refractivity contribution in [2.24, 2.45) is 0 Å². The molecular formula is C22H26FNO3S. The van der Waals surface area contributed by atoms with E-state index in [1.807, 2.05) is 12.1 Å². The summed E-state index contributed by atoms with van der Waals surface area (Å²) in [6.45, 7) is 2.11. The van der Waals surface area contributed by atoms with Gasteiger partial charge in [-0.25, -0.2) is 4.39 Å². The highest BCUT2D eigenvalue weighted by atomic mass is 32.1. The lowest BCUT2D eigenvalue weighted by atomic mass is 10.1. The Hall–Kier alpha value is -1.60. The molecule has 150 valence electrons. The second kappa shape index (κ2) is 8.41. The number of benzene rings is 2. The standard InChI is InChI=1S/C22H26FNO3S/c23-17-6-8-18(9-7-17)27-19-11-12-24(13-19)14-22(25,28)15-26-21-10-5-16-3-1-2-4-20(16)21/h1-4,6-9,19,21,25,28H,5,10-15H2/t19-,21?,22-/m1/s1. The summed E-state index contributed by atoms with van der Waals surface area (Å²) in [5.41, 5.74) is 2.55. The molecule has 1 N–H and O–H groups in total. The number of fused-ring (bicyclic) bond motifs is 1. The number of aliphatic hydroxyl groups is 1. The first-order valence-electron chi connectivity index (χ1n) is 9.77. The number of halogens is 1. The van der Waals surface area contributed by atoms with Gasteiger partial charge in [0, 0.05) is 19.6 Å². The largest absolute Gasteiger partial charge is 0.489 e. The van der Waals surface area contributed by atoms with Gasteiger partial charge < -0.3 is 14.6 Å². The van der Waals surface area contributed by atoms with Gasteiger partial charge in [0.2, 0.25) is 0 Å². The number of aryl methyl sites for hydroxylation is 1. The van der Waals surface area contributed by atoms with Crippen molar-refractivity contribution >= 4 is 12.6 Å². The molecule has 28 heavy (non-hydrogen) atoms. The predicted molar refractivity (Wildman–Crippen MR) is 109 cm³/mol. The summed E-state index contributed by atoms with van der Waals surface area (Å²) in [5.74, 6) is 0.392. The summed E-state index contributed by atoms with van der Waals surface area (Å²) in [4.78, 5) is 0.912. The van der Waals surface area contributed by atoms with Crippen molar-refractivity contribution in [1.82, 2.24) is 4.90 Å². The minimum Gasteiger partial charge on any atom is -0.489 e. The molecule has 2 aliphatic rings. The van der Waals surface area contributed by atoms with Crippen LogP contribution < -0.4 is 4.74 Å². The summed E-state index contributed by atoms with van der Waals surface area (Å²) >= 11 is 4.45. The van der Waals surface area contributed by atoms with Crippen LogP contribution in [0.1, 0.15) is 30.1 Å². The Labute approximate surface area is 170 Å². The number of rotatable bonds is 7. The molecule has 1 aliphatic carbocycles. The second-order valence-corrected chi connectivity index (χ2v) is 8.57. The Kier molecular flexibility index (Phi) is 5.92. The van der Waals surface area contributed by atoms with Gasteiger partial charge in [-0.2, -0.15) is 0 Å². The Bertz CT molecular complexity index is 799. The van der Waals surface area contributed by atoms with Gasteiger partial charge in [0.25, 0.3) is 0 Å². The molecule has 2 aromatic carbocycles. The lowest BCUT2D eigenvalue weighted by Gasteiger charge is -2.29. The maximum absolute atomic E-state index is 13.0. The summed E-state index contributed by atoms with van der Waals surface area (Å²) in [6.07, 6.45) is 2.87. The van der Waals surface area contributed by atoms with Crippen molar-refractivity contribution in [3.8, 4) is 5.75 Å². The minimum atomic E-state index is -1.22. The normalized spacial score (nSPS) is 24.1. The van der Waals surface area contributed by atoms with E-state index in [0.717, 1.165) is 25.8 Å². The van der Waals surface area contributed by atoms with Gasteiger partial charge in [-0.3, -0.25) is 4.90 Å². The highest BCUT2D eigenvalue weighted by Gasteiger charge is 2.33. The third-order valence-electron chi connectivity index (χ3n) is 5.42. The Morgan fingerprint density at radius 3 is 2.75 bits per heavy atom. The predicted octanol–water partition coefficient (Wildman–Crippen LogP) is 3.60. The van der Waals surface area contributed by atoms with Crippen molar-refractivity contribution in [1.29, 1.82) is 0 Å². The van der Waals surface area contributed by atoms with Crippen LogP contribution in [0, 0.1) is 5.82 Å². The van der Waals surface area contributed by atoms with E-state index in [2.05, 4.69) is 29.7 Å². The Morgan fingerprint density at radius 2 is 1.93 bits per heavy atom. The zero-order valence-electron chi connectivity index (χ0n) is 15.8. The number of hydrogen-bond donors (Lipinski definition) is 2. The monoisotopic (exact) mass is 403 g/mol. The van der Waals surface area contributed by atoms with E-state index in [1.54, 1.807) is 12.1 Å². The number of hydrogen-bond acceptors (Lipinski definition) is 5. The van der Waals surface area contributed by atoms with E-state index in [4.69, 9.17) is 9.47 Å². The smallest absolute Gasteiger partial charge is 0.143 e. The van der Waals surface area contributed by atoms with Gasteiger partial charge in [-0.15, -0.1) is 12.6 Å². The van der Waals surface area contributed by atoms with Gasteiger partial charge in [0.15, 0.2) is 0 Å². The van der Waals surface area contributed by atoms with E-state index >= 15 is 0 Å². The molecule has 0 radical (unpaired) electrons. The zero-order chi connectivity index (χ0) is 19.6. The number of likely N-dealkylation sites (tertiary alicyclic amines) is 1. The summed E-state index contributed by atoms with van der Waals surface area (Å²) in [6, 6.07) is 14.4. The highest BCUT2D eigenvalue weighted by Crippen LogP contribution is 2.34. The van der Waals surface area contributed by atoms with Gasteiger partial charge in [0.05, 0.1) is 12.7 Å². The summed E-state index contributed by atoms with van der Waals surface area (Å²) < 4.78 is 24.9. The number of nitrogens with zero attached hydrogens (tertiary/aromatic N) is 1. The van der Waals surface area contributed by atoms with Gasteiger partial charge in [-0.05, 0) is 54.7 Å². The molecule has 0 spiro atoms. The van der Waals surface area contributed by atoms with Crippen LogP contribution in [-0.4, -0.2) is 47.3 Å². The molecule has 3 atom stereocenters. The topological polar surface area (TPSA) is 41.9 Å². The Morgan fingerprint density at radius 1 is 1.14 bits per heavy atom. The highest BCUT2D eigenvalue weighted by molar-refractivity contribution is 7.81. The second-order valence-electron chi connectivity index (χ2n) is 7.74. The number of β-amino-alcohol motifs (C(OH)–C–C–N with tert-alkyl or cyclic N) is 1. The average molecular weight is 404 g/mol. The molecule has 1 saturated heterocycles. The average Bonchev–Trinajstić information content (AvgIpc) is 3.28. The first-order chi connectivity index (χ1) is 13.5. The SMILES string of the molecule is O[C@](S)(COC1CCc2ccccc21)CN1CC[C@@H](Oc2ccc(F)cc2)C1. The first kappa shape index (κ1) is 19.7. The van der Waals surface area contributed by atoms with Crippen molar-refractivity contribution < 1.29 is 19.0 Å². The lowest BCUT2D eigenvalue weighted by Crippen LogP contribution is -2.42. The molecule has 1 heterocycles. The van der Waals surface area contributed by atoms with Gasteiger partial charge >= 0.3 is 0 Å². The quantitative estimate of drug-likeness (QED) is 0.548. The maximum atomic E-state index is 13.0. The van der Waals surface area contributed by atoms with E-state index in [1.165, 1.54) is 23.3 Å². The fourth-order valence-electron chi connectivity index (χ4n) is 4.07. The van der Waals surface area contributed by atoms with Crippen LogP contribution in [-0.2, 0) is 11.2 Å². The van der Waals surface area contributed by atoms with Crippen molar-refractivity contribution in [2.75, 3.05) is 26.2 Å². The van der Waals surface area contributed by atoms with E-state index < -0.39 is 4.93 Å². The van der Waals surface area contributed by atoms with E-state index in [0.29, 0.717) is 18.8 Å². The molecule has 1 fully saturated rings. The molecule has 1 aliphatic heterocycles. The molecule has 0 amide bonds. The van der Waals surface area contributed by atoms with Crippen LogP contribution in [0.25, 0.3) is 0 Å². The van der Waals surface area contributed by atoms with Crippen molar-refractivity contribution in [3.05, 3.63) is 65.5 Å². The van der Waals surface area contributed by atoms with Crippen molar-refractivity contribution in [2.45, 2.75) is 36.4 Å². The van der Waals surface area contributed by atoms with Crippen LogP contribution in [0.4, 0.5) is 4.39 Å². The maximum Gasteiger partial charge on any atom is 0.143 e. The van der Waals surface area contributed by atoms with Crippen LogP contribution >= 0.6 is 12.6 Å². The lowest BCUT2D eigenvalue weighted by molar-refractivity contribution is -0.0362. The van der Waals surface area contributed by atoms with Crippen LogP contribution in [0.3, 0.4) is 0 Å². The summed E-state index contributed by atoms with van der Waals surface area (Å²) in [5, 5.41) is 10.7. The molecule has 0 bridgehead atoms.